The van der Waals surface area contributed by atoms with Crippen molar-refractivity contribution >= 4 is 16.7 Å². The Hall–Kier alpha value is -1.99. The van der Waals surface area contributed by atoms with Crippen molar-refractivity contribution in [3.63, 3.8) is 0 Å². The monoisotopic (exact) mass is 391 g/mol. The van der Waals surface area contributed by atoms with Crippen molar-refractivity contribution in [2.45, 2.75) is 33.4 Å². The van der Waals surface area contributed by atoms with Crippen molar-refractivity contribution in [2.75, 3.05) is 31.9 Å². The zero-order valence-electron chi connectivity index (χ0n) is 16.6. The van der Waals surface area contributed by atoms with Crippen LogP contribution in [-0.2, 0) is 21.3 Å². The number of nitrogens with zero attached hydrogens (tertiary/aromatic N) is 2. The fourth-order valence-electron chi connectivity index (χ4n) is 2.68. The highest BCUT2D eigenvalue weighted by atomic mass is 32.2. The Labute approximate surface area is 163 Å². The first-order valence-electron chi connectivity index (χ1n) is 9.30. The van der Waals surface area contributed by atoms with E-state index < -0.39 is 10.8 Å². The molecule has 6 nitrogen and oxygen atoms in total. The van der Waals surface area contributed by atoms with Gasteiger partial charge in [0, 0.05) is 29.5 Å². The molecular formula is C20H29N3O3S. The van der Waals surface area contributed by atoms with Gasteiger partial charge in [-0.2, -0.15) is 0 Å². The van der Waals surface area contributed by atoms with Gasteiger partial charge in [-0.15, -0.1) is 0 Å². The van der Waals surface area contributed by atoms with E-state index in [9.17, 15) is 9.00 Å². The minimum atomic E-state index is -1.32. The Balaban J connectivity index is 1.86. The van der Waals surface area contributed by atoms with E-state index in [0.29, 0.717) is 23.9 Å². The molecule has 2 rings (SSSR count). The van der Waals surface area contributed by atoms with E-state index in [1.807, 2.05) is 31.2 Å². The van der Waals surface area contributed by atoms with Gasteiger partial charge in [-0.25, -0.2) is 4.98 Å². The number of benzene rings is 1. The number of rotatable bonds is 10. The van der Waals surface area contributed by atoms with Crippen molar-refractivity contribution in [1.29, 1.82) is 0 Å². The Morgan fingerprint density at radius 2 is 1.85 bits per heavy atom. The second-order valence-electron chi connectivity index (χ2n) is 6.49. The molecular weight excluding hydrogens is 362 g/mol. The van der Waals surface area contributed by atoms with Crippen molar-refractivity contribution < 1.29 is 13.4 Å². The van der Waals surface area contributed by atoms with Crippen LogP contribution in [0.15, 0.2) is 28.7 Å². The zero-order chi connectivity index (χ0) is 19.8. The van der Waals surface area contributed by atoms with Crippen LogP contribution in [0.4, 0.5) is 0 Å². The third kappa shape index (κ3) is 6.59. The van der Waals surface area contributed by atoms with Crippen LogP contribution in [0.25, 0.3) is 11.5 Å². The molecule has 0 saturated heterocycles. The third-order valence-electron chi connectivity index (χ3n) is 4.43. The number of hydrogen-bond acceptors (Lipinski definition) is 5. The highest BCUT2D eigenvalue weighted by Gasteiger charge is 2.16. The fourth-order valence-corrected chi connectivity index (χ4v) is 3.74. The van der Waals surface area contributed by atoms with Crippen LogP contribution >= 0.6 is 0 Å². The largest absolute Gasteiger partial charge is 0.441 e. The highest BCUT2D eigenvalue weighted by Crippen LogP contribution is 2.22. The molecule has 0 spiro atoms. The summed E-state index contributed by atoms with van der Waals surface area (Å²) in [7, 11) is -1.32. The molecule has 148 valence electrons. The van der Waals surface area contributed by atoms with Crippen LogP contribution in [0.2, 0.25) is 0 Å². The maximum Gasteiger partial charge on any atom is 0.232 e. The van der Waals surface area contributed by atoms with Crippen molar-refractivity contribution in [3.05, 3.63) is 41.3 Å². The van der Waals surface area contributed by atoms with E-state index in [2.05, 4.69) is 29.0 Å². The minimum absolute atomic E-state index is 0.0234. The third-order valence-corrected chi connectivity index (χ3v) is 5.61. The van der Waals surface area contributed by atoms with E-state index in [4.69, 9.17) is 4.42 Å². The fraction of sp³-hybridized carbons (Fsp3) is 0.500. The summed E-state index contributed by atoms with van der Waals surface area (Å²) in [6.45, 7) is 11.3. The van der Waals surface area contributed by atoms with E-state index >= 15 is 0 Å². The summed E-state index contributed by atoms with van der Waals surface area (Å²) >= 11 is 0. The maximum atomic E-state index is 12.3. The van der Waals surface area contributed by atoms with Gasteiger partial charge in [-0.3, -0.25) is 9.00 Å². The van der Waals surface area contributed by atoms with E-state index in [0.717, 1.165) is 30.8 Å². The van der Waals surface area contributed by atoms with E-state index in [-0.39, 0.29) is 17.4 Å². The Morgan fingerprint density at radius 1 is 1.19 bits per heavy atom. The van der Waals surface area contributed by atoms with Crippen molar-refractivity contribution in [3.8, 4) is 11.5 Å². The number of carbonyl (C=O) groups excluding carboxylic acids is 1. The standard InChI is InChI=1S/C20H29N3O3S/c1-5-23(6-2)12-11-21-19(24)14-27(25)13-18-16(4)26-20(22-18)17-9-7-15(3)8-10-17/h7-10H,5-6,11-14H2,1-4H3,(H,21,24)/t27-/m0/s1. The maximum absolute atomic E-state index is 12.3. The van der Waals surface area contributed by atoms with E-state index in [1.165, 1.54) is 0 Å². The van der Waals surface area contributed by atoms with E-state index in [1.54, 1.807) is 6.92 Å². The molecule has 1 amide bonds. The number of likely N-dealkylation sites (N-methyl/N-ethyl adjacent to an activating group) is 1. The molecule has 1 atom stereocenters. The number of carbonyl (C=O) groups is 1. The number of hydrogen-bond donors (Lipinski definition) is 1. The first kappa shape index (κ1) is 21.3. The first-order valence-corrected chi connectivity index (χ1v) is 10.8. The number of oxazole rings is 1. The van der Waals surface area contributed by atoms with Gasteiger partial charge in [-0.1, -0.05) is 31.5 Å². The summed E-state index contributed by atoms with van der Waals surface area (Å²) in [5.41, 5.74) is 2.69. The Bertz CT molecular complexity index is 767. The summed E-state index contributed by atoms with van der Waals surface area (Å²) in [6.07, 6.45) is 0. The second-order valence-corrected chi connectivity index (χ2v) is 7.95. The minimum Gasteiger partial charge on any atom is -0.441 e. The lowest BCUT2D eigenvalue weighted by Crippen LogP contribution is -2.36. The summed E-state index contributed by atoms with van der Waals surface area (Å²) in [6, 6.07) is 7.89. The average Bonchev–Trinajstić information content (AvgIpc) is 2.99. The molecule has 0 bridgehead atoms. The molecule has 27 heavy (non-hydrogen) atoms. The number of nitrogens with one attached hydrogen (secondary N) is 1. The summed E-state index contributed by atoms with van der Waals surface area (Å²) in [5.74, 6) is 1.15. The molecule has 0 saturated carbocycles. The molecule has 1 aromatic carbocycles. The molecule has 1 heterocycles. The SMILES string of the molecule is CCN(CC)CCNC(=O)C[S@@](=O)Cc1nc(-c2ccc(C)cc2)oc1C. The predicted molar refractivity (Wildman–Crippen MR) is 109 cm³/mol. The molecule has 0 aliphatic carbocycles. The van der Waals surface area contributed by atoms with Gasteiger partial charge in [0.25, 0.3) is 0 Å². The molecule has 0 unspecified atom stereocenters. The lowest BCUT2D eigenvalue weighted by Gasteiger charge is -2.17. The summed E-state index contributed by atoms with van der Waals surface area (Å²) in [5, 5.41) is 2.83. The van der Waals surface area contributed by atoms with Gasteiger partial charge in [0.1, 0.15) is 11.5 Å². The average molecular weight is 392 g/mol. The van der Waals surface area contributed by atoms with Crippen LogP contribution < -0.4 is 5.32 Å². The normalized spacial score (nSPS) is 12.3. The quantitative estimate of drug-likeness (QED) is 0.674. The molecule has 0 radical (unpaired) electrons. The molecule has 0 fully saturated rings. The lowest BCUT2D eigenvalue weighted by molar-refractivity contribution is -0.118. The predicted octanol–water partition coefficient (Wildman–Crippen LogP) is 2.67. The summed E-state index contributed by atoms with van der Waals surface area (Å²) in [4.78, 5) is 18.7. The van der Waals surface area contributed by atoms with Gasteiger partial charge in [0.2, 0.25) is 11.8 Å². The molecule has 0 aliphatic rings. The van der Waals surface area contributed by atoms with Gasteiger partial charge in [0.15, 0.2) is 0 Å². The second kappa shape index (κ2) is 10.4. The first-order chi connectivity index (χ1) is 12.9. The van der Waals surface area contributed by atoms with Gasteiger partial charge >= 0.3 is 0 Å². The number of amides is 1. The Morgan fingerprint density at radius 3 is 2.48 bits per heavy atom. The lowest BCUT2D eigenvalue weighted by atomic mass is 10.1. The zero-order valence-corrected chi connectivity index (χ0v) is 17.4. The molecule has 7 heteroatoms. The Kier molecular flexibility index (Phi) is 8.19. The van der Waals surface area contributed by atoms with Crippen LogP contribution in [0.1, 0.15) is 30.9 Å². The smallest absolute Gasteiger partial charge is 0.232 e. The summed E-state index contributed by atoms with van der Waals surface area (Å²) < 4.78 is 18.0. The molecule has 1 N–H and O–H groups in total. The van der Waals surface area contributed by atoms with Gasteiger partial charge < -0.3 is 14.6 Å². The number of aryl methyl sites for hydroxylation is 2. The molecule has 0 aliphatic heterocycles. The topological polar surface area (TPSA) is 75.4 Å². The van der Waals surface area contributed by atoms with Gasteiger partial charge in [-0.05, 0) is 39.1 Å². The van der Waals surface area contributed by atoms with Crippen LogP contribution in [0.3, 0.4) is 0 Å². The van der Waals surface area contributed by atoms with Crippen LogP contribution in [0, 0.1) is 13.8 Å². The highest BCUT2D eigenvalue weighted by molar-refractivity contribution is 7.84. The molecule has 2 aromatic rings. The van der Waals surface area contributed by atoms with Crippen LogP contribution in [0.5, 0.6) is 0 Å². The van der Waals surface area contributed by atoms with Gasteiger partial charge in [0.05, 0.1) is 11.4 Å². The van der Waals surface area contributed by atoms with Crippen molar-refractivity contribution in [2.24, 2.45) is 0 Å². The number of aromatic nitrogens is 1. The molecule has 1 aromatic heterocycles. The van der Waals surface area contributed by atoms with Crippen LogP contribution in [-0.4, -0.2) is 51.9 Å². The van der Waals surface area contributed by atoms with Crippen molar-refractivity contribution in [1.82, 2.24) is 15.2 Å².